The Morgan fingerprint density at radius 2 is 1.89 bits per heavy atom. The third-order valence-electron chi connectivity index (χ3n) is 3.18. The normalized spacial score (nSPS) is 11.1. The lowest BCUT2D eigenvalue weighted by Crippen LogP contribution is -1.99. The monoisotopic (exact) mass is 256 g/mol. The molecule has 0 unspecified atom stereocenters. The molecule has 2 N–H and O–H groups in total. The Kier molecular flexibility index (Phi) is 2.67. The number of nitrogens with two attached hydrogens (primary N) is 1. The minimum absolute atomic E-state index is 0.241. The van der Waals surface area contributed by atoms with E-state index in [0.29, 0.717) is 17.8 Å². The number of nitrogens with zero attached hydrogens (tertiary/aromatic N) is 3. The molecule has 0 saturated heterocycles. The average Bonchev–Trinajstić information content (AvgIpc) is 2.80. The molecule has 3 aromatic rings. The highest BCUT2D eigenvalue weighted by Gasteiger charge is 2.09. The van der Waals surface area contributed by atoms with E-state index >= 15 is 0 Å². The van der Waals surface area contributed by atoms with E-state index in [9.17, 15) is 4.39 Å². The Labute approximate surface area is 109 Å². The molecule has 0 fully saturated rings. The summed E-state index contributed by atoms with van der Waals surface area (Å²) in [5, 5.41) is 8.26. The highest BCUT2D eigenvalue weighted by molar-refractivity contribution is 5.68. The number of rotatable bonds is 2. The molecule has 0 aliphatic carbocycles. The second-order valence-corrected chi connectivity index (χ2v) is 4.53. The van der Waals surface area contributed by atoms with Crippen molar-refractivity contribution in [3.8, 4) is 0 Å². The SMILES string of the molecule is Cc1ccn2c(Cc3ccc(F)cc3)nnc2c1N. The van der Waals surface area contributed by atoms with Gasteiger partial charge in [0.05, 0.1) is 5.69 Å². The molecule has 0 spiro atoms. The molecule has 4 nitrogen and oxygen atoms in total. The predicted molar refractivity (Wildman–Crippen MR) is 71.3 cm³/mol. The zero-order chi connectivity index (χ0) is 13.4. The number of nitrogen functional groups attached to an aromatic ring is 1. The number of halogens is 1. The van der Waals surface area contributed by atoms with E-state index in [-0.39, 0.29) is 5.82 Å². The van der Waals surface area contributed by atoms with Crippen molar-refractivity contribution in [3.63, 3.8) is 0 Å². The van der Waals surface area contributed by atoms with E-state index in [0.717, 1.165) is 17.0 Å². The summed E-state index contributed by atoms with van der Waals surface area (Å²) < 4.78 is 14.7. The number of aromatic nitrogens is 3. The zero-order valence-electron chi connectivity index (χ0n) is 10.5. The van der Waals surface area contributed by atoms with Crippen molar-refractivity contribution in [2.45, 2.75) is 13.3 Å². The summed E-state index contributed by atoms with van der Waals surface area (Å²) in [5.74, 6) is 0.544. The minimum atomic E-state index is -0.241. The Morgan fingerprint density at radius 1 is 1.16 bits per heavy atom. The summed E-state index contributed by atoms with van der Waals surface area (Å²) in [6.07, 6.45) is 2.49. The molecule has 2 heterocycles. The number of benzene rings is 1. The summed E-state index contributed by atoms with van der Waals surface area (Å²) in [6.45, 7) is 1.93. The Morgan fingerprint density at radius 3 is 2.63 bits per heavy atom. The molecule has 0 amide bonds. The van der Waals surface area contributed by atoms with E-state index in [1.807, 2.05) is 23.6 Å². The molecule has 0 aliphatic rings. The predicted octanol–water partition coefficient (Wildman–Crippen LogP) is 2.35. The highest BCUT2D eigenvalue weighted by Crippen LogP contribution is 2.18. The van der Waals surface area contributed by atoms with Crippen LogP contribution in [0.5, 0.6) is 0 Å². The molecule has 0 radical (unpaired) electrons. The van der Waals surface area contributed by atoms with Gasteiger partial charge in [0.2, 0.25) is 0 Å². The lowest BCUT2D eigenvalue weighted by Gasteiger charge is -2.03. The molecule has 1 aromatic carbocycles. The van der Waals surface area contributed by atoms with E-state index in [4.69, 9.17) is 5.73 Å². The molecule has 96 valence electrons. The molecule has 5 heteroatoms. The van der Waals surface area contributed by atoms with Crippen molar-refractivity contribution in [1.82, 2.24) is 14.6 Å². The van der Waals surface area contributed by atoms with Crippen LogP contribution < -0.4 is 5.73 Å². The molecule has 19 heavy (non-hydrogen) atoms. The molecular formula is C14H13FN4. The van der Waals surface area contributed by atoms with Gasteiger partial charge in [0.25, 0.3) is 0 Å². The van der Waals surface area contributed by atoms with Crippen molar-refractivity contribution in [1.29, 1.82) is 0 Å². The third kappa shape index (κ3) is 2.03. The zero-order valence-corrected chi connectivity index (χ0v) is 10.5. The van der Waals surface area contributed by atoms with Gasteiger partial charge in [0, 0.05) is 12.6 Å². The van der Waals surface area contributed by atoms with Crippen LogP contribution in [-0.2, 0) is 6.42 Å². The van der Waals surface area contributed by atoms with E-state index in [2.05, 4.69) is 10.2 Å². The van der Waals surface area contributed by atoms with Crippen molar-refractivity contribution in [2.75, 3.05) is 5.73 Å². The number of fused-ring (bicyclic) bond motifs is 1. The quantitative estimate of drug-likeness (QED) is 0.765. The first-order valence-electron chi connectivity index (χ1n) is 5.98. The van der Waals surface area contributed by atoms with E-state index in [1.54, 1.807) is 12.1 Å². The smallest absolute Gasteiger partial charge is 0.184 e. The Bertz CT molecular complexity index is 731. The summed E-state index contributed by atoms with van der Waals surface area (Å²) >= 11 is 0. The molecular weight excluding hydrogens is 243 g/mol. The molecule has 0 bridgehead atoms. The number of hydrogen-bond acceptors (Lipinski definition) is 3. The van der Waals surface area contributed by atoms with Gasteiger partial charge < -0.3 is 5.73 Å². The first-order valence-corrected chi connectivity index (χ1v) is 5.98. The second kappa shape index (κ2) is 4.35. The molecule has 3 rings (SSSR count). The van der Waals surface area contributed by atoms with Crippen LogP contribution in [0.25, 0.3) is 5.65 Å². The van der Waals surface area contributed by atoms with Crippen LogP contribution in [0.1, 0.15) is 17.0 Å². The number of pyridine rings is 1. The fourth-order valence-corrected chi connectivity index (χ4v) is 2.02. The fourth-order valence-electron chi connectivity index (χ4n) is 2.02. The summed E-state index contributed by atoms with van der Waals surface area (Å²) in [5.41, 5.74) is 9.24. The van der Waals surface area contributed by atoms with Crippen molar-refractivity contribution in [2.24, 2.45) is 0 Å². The fraction of sp³-hybridized carbons (Fsp3) is 0.143. The van der Waals surface area contributed by atoms with Gasteiger partial charge in [-0.05, 0) is 36.2 Å². The van der Waals surface area contributed by atoms with Crippen LogP contribution in [0.15, 0.2) is 36.5 Å². The number of anilines is 1. The van der Waals surface area contributed by atoms with Gasteiger partial charge >= 0.3 is 0 Å². The topological polar surface area (TPSA) is 56.2 Å². The van der Waals surface area contributed by atoms with E-state index in [1.165, 1.54) is 12.1 Å². The van der Waals surface area contributed by atoms with Gasteiger partial charge in [0.1, 0.15) is 11.6 Å². The van der Waals surface area contributed by atoms with Crippen LogP contribution >= 0.6 is 0 Å². The van der Waals surface area contributed by atoms with Gasteiger partial charge in [-0.15, -0.1) is 10.2 Å². The molecule has 2 aromatic heterocycles. The third-order valence-corrected chi connectivity index (χ3v) is 3.18. The largest absolute Gasteiger partial charge is 0.395 e. The van der Waals surface area contributed by atoms with Gasteiger partial charge in [-0.2, -0.15) is 0 Å². The number of aryl methyl sites for hydroxylation is 1. The standard InChI is InChI=1S/C14H13FN4/c1-9-6-7-19-12(17-18-14(19)13(9)16)8-10-2-4-11(15)5-3-10/h2-7H,8,16H2,1H3. The van der Waals surface area contributed by atoms with Crippen LogP contribution in [0.3, 0.4) is 0 Å². The maximum atomic E-state index is 12.9. The van der Waals surface area contributed by atoms with Crippen LogP contribution in [0, 0.1) is 12.7 Å². The van der Waals surface area contributed by atoms with Crippen LogP contribution in [0.2, 0.25) is 0 Å². The Hall–Kier alpha value is -2.43. The van der Waals surface area contributed by atoms with Crippen molar-refractivity contribution >= 4 is 11.3 Å². The average molecular weight is 256 g/mol. The van der Waals surface area contributed by atoms with Crippen LogP contribution in [-0.4, -0.2) is 14.6 Å². The lowest BCUT2D eigenvalue weighted by molar-refractivity contribution is 0.627. The number of hydrogen-bond donors (Lipinski definition) is 1. The van der Waals surface area contributed by atoms with Gasteiger partial charge in [0.15, 0.2) is 5.65 Å². The van der Waals surface area contributed by atoms with Gasteiger partial charge in [-0.1, -0.05) is 12.1 Å². The second-order valence-electron chi connectivity index (χ2n) is 4.53. The first-order chi connectivity index (χ1) is 9.15. The van der Waals surface area contributed by atoms with Gasteiger partial charge in [-0.25, -0.2) is 4.39 Å². The van der Waals surface area contributed by atoms with Crippen LogP contribution in [0.4, 0.5) is 10.1 Å². The molecule has 0 atom stereocenters. The summed E-state index contributed by atoms with van der Waals surface area (Å²) in [4.78, 5) is 0. The summed E-state index contributed by atoms with van der Waals surface area (Å²) in [7, 11) is 0. The van der Waals surface area contributed by atoms with Gasteiger partial charge in [-0.3, -0.25) is 4.40 Å². The maximum Gasteiger partial charge on any atom is 0.184 e. The Balaban J connectivity index is 2.02. The minimum Gasteiger partial charge on any atom is -0.395 e. The first kappa shape index (κ1) is 11.6. The van der Waals surface area contributed by atoms with E-state index < -0.39 is 0 Å². The summed E-state index contributed by atoms with van der Waals surface area (Å²) in [6, 6.07) is 8.30. The van der Waals surface area contributed by atoms with Crippen molar-refractivity contribution in [3.05, 3.63) is 59.3 Å². The molecule has 0 saturated carbocycles. The van der Waals surface area contributed by atoms with Crippen molar-refractivity contribution < 1.29 is 4.39 Å². The highest BCUT2D eigenvalue weighted by atomic mass is 19.1. The maximum absolute atomic E-state index is 12.9. The lowest BCUT2D eigenvalue weighted by atomic mass is 10.1. The molecule has 0 aliphatic heterocycles.